The fourth-order valence-corrected chi connectivity index (χ4v) is 3.95. The van der Waals surface area contributed by atoms with Gasteiger partial charge in [0.15, 0.2) is 5.82 Å². The lowest BCUT2D eigenvalue weighted by atomic mass is 10.1. The summed E-state index contributed by atoms with van der Waals surface area (Å²) in [4.78, 5) is 43.7. The molecule has 3 heterocycles. The summed E-state index contributed by atoms with van der Waals surface area (Å²) in [6, 6.07) is 6.45. The van der Waals surface area contributed by atoms with Gasteiger partial charge in [-0.3, -0.25) is 9.59 Å². The molecular weight excluding hydrogens is 372 g/mol. The van der Waals surface area contributed by atoms with Crippen LogP contribution in [0.3, 0.4) is 0 Å². The molecule has 29 heavy (non-hydrogen) atoms. The Morgan fingerprint density at radius 2 is 1.69 bits per heavy atom. The number of benzene rings is 1. The molecule has 152 valence electrons. The number of hydrogen-bond acceptors (Lipinski definition) is 5. The molecule has 2 aromatic rings. The van der Waals surface area contributed by atoms with Crippen molar-refractivity contribution in [3.05, 3.63) is 47.0 Å². The number of anilines is 1. The largest absolute Gasteiger partial charge is 0.465 e. The Morgan fingerprint density at radius 1 is 1.00 bits per heavy atom. The third-order valence-corrected chi connectivity index (χ3v) is 5.48. The molecule has 2 amide bonds. The lowest BCUT2D eigenvalue weighted by Crippen LogP contribution is -2.29. The first-order valence-corrected chi connectivity index (χ1v) is 9.97. The Kier molecular flexibility index (Phi) is 5.33. The topological polar surface area (TPSA) is 93.5 Å². The van der Waals surface area contributed by atoms with Crippen LogP contribution >= 0.6 is 0 Å². The van der Waals surface area contributed by atoms with Gasteiger partial charge in [-0.2, -0.15) is 0 Å². The molecule has 8 nitrogen and oxygen atoms in total. The number of aromatic nitrogens is 2. The first-order chi connectivity index (χ1) is 14.1. The highest BCUT2D eigenvalue weighted by Gasteiger charge is 2.30. The molecule has 0 spiro atoms. The lowest BCUT2D eigenvalue weighted by Gasteiger charge is -2.18. The number of methoxy groups -OCH3 is 1. The van der Waals surface area contributed by atoms with Crippen molar-refractivity contribution in [1.82, 2.24) is 14.5 Å². The third-order valence-electron chi connectivity index (χ3n) is 5.48. The molecule has 1 fully saturated rings. The number of imidazole rings is 1. The highest BCUT2D eigenvalue weighted by Crippen LogP contribution is 2.24. The Bertz CT molecular complexity index is 942. The van der Waals surface area contributed by atoms with Crippen LogP contribution in [0.25, 0.3) is 0 Å². The van der Waals surface area contributed by atoms with Crippen LogP contribution < -0.4 is 5.32 Å². The van der Waals surface area contributed by atoms with Gasteiger partial charge >= 0.3 is 5.97 Å². The number of carbonyl (C=O) groups excluding carboxylic acids is 3. The predicted octanol–water partition coefficient (Wildman–Crippen LogP) is 2.49. The Hall–Kier alpha value is -3.16. The molecule has 1 aromatic heterocycles. The SMILES string of the molecule is COC(=O)c1ccc(NC(=O)c2nc(C(=O)N3CCCC3)c3n2CCCC3)cc1. The number of amides is 2. The minimum Gasteiger partial charge on any atom is -0.465 e. The molecule has 2 aliphatic heterocycles. The maximum Gasteiger partial charge on any atom is 0.337 e. The molecule has 8 heteroatoms. The fraction of sp³-hybridized carbons (Fsp3) is 0.429. The van der Waals surface area contributed by atoms with Crippen molar-refractivity contribution in [2.75, 3.05) is 25.5 Å². The van der Waals surface area contributed by atoms with E-state index in [1.54, 1.807) is 24.3 Å². The summed E-state index contributed by atoms with van der Waals surface area (Å²) in [5.74, 6) is -0.608. The molecule has 1 saturated heterocycles. The minimum absolute atomic E-state index is 0.0744. The first-order valence-electron chi connectivity index (χ1n) is 9.97. The minimum atomic E-state index is -0.435. The van der Waals surface area contributed by atoms with Gasteiger partial charge in [0.25, 0.3) is 11.8 Å². The number of rotatable bonds is 4. The second-order valence-corrected chi connectivity index (χ2v) is 7.36. The molecule has 0 atom stereocenters. The maximum absolute atomic E-state index is 12.9. The Morgan fingerprint density at radius 3 is 2.38 bits per heavy atom. The van der Waals surface area contributed by atoms with Gasteiger partial charge in [0.1, 0.15) is 5.69 Å². The molecule has 0 unspecified atom stereocenters. The number of esters is 1. The first kappa shape index (κ1) is 19.2. The normalized spacial score (nSPS) is 15.7. The van der Waals surface area contributed by atoms with Gasteiger partial charge < -0.3 is 19.5 Å². The van der Waals surface area contributed by atoms with E-state index in [9.17, 15) is 14.4 Å². The quantitative estimate of drug-likeness (QED) is 0.802. The van der Waals surface area contributed by atoms with E-state index in [0.29, 0.717) is 23.5 Å². The van der Waals surface area contributed by atoms with Gasteiger partial charge in [0.05, 0.1) is 18.4 Å². The average molecular weight is 396 g/mol. The van der Waals surface area contributed by atoms with Gasteiger partial charge in [0, 0.05) is 25.3 Å². The summed E-state index contributed by atoms with van der Waals surface area (Å²) in [5, 5.41) is 2.82. The summed E-state index contributed by atoms with van der Waals surface area (Å²) >= 11 is 0. The van der Waals surface area contributed by atoms with E-state index >= 15 is 0 Å². The van der Waals surface area contributed by atoms with Crippen molar-refractivity contribution in [2.24, 2.45) is 0 Å². The van der Waals surface area contributed by atoms with E-state index in [0.717, 1.165) is 50.9 Å². The molecule has 0 bridgehead atoms. The molecule has 0 aliphatic carbocycles. The third kappa shape index (κ3) is 3.74. The van der Waals surface area contributed by atoms with Gasteiger partial charge in [0.2, 0.25) is 0 Å². The van der Waals surface area contributed by atoms with Crippen LogP contribution in [0.15, 0.2) is 24.3 Å². The summed E-state index contributed by atoms with van der Waals surface area (Å²) in [7, 11) is 1.32. The van der Waals surface area contributed by atoms with E-state index in [2.05, 4.69) is 15.0 Å². The van der Waals surface area contributed by atoms with Crippen LogP contribution in [-0.4, -0.2) is 52.4 Å². The number of ether oxygens (including phenoxy) is 1. The van der Waals surface area contributed by atoms with Gasteiger partial charge in [-0.15, -0.1) is 0 Å². The van der Waals surface area contributed by atoms with Crippen molar-refractivity contribution in [3.8, 4) is 0 Å². The Balaban J connectivity index is 1.58. The number of likely N-dealkylation sites (tertiary alicyclic amines) is 1. The van der Waals surface area contributed by atoms with Crippen molar-refractivity contribution in [3.63, 3.8) is 0 Å². The number of hydrogen-bond donors (Lipinski definition) is 1. The lowest BCUT2D eigenvalue weighted by molar-refractivity contribution is 0.0600. The van der Waals surface area contributed by atoms with E-state index in [-0.39, 0.29) is 17.6 Å². The highest BCUT2D eigenvalue weighted by atomic mass is 16.5. The van der Waals surface area contributed by atoms with Crippen LogP contribution in [-0.2, 0) is 17.7 Å². The molecule has 2 aliphatic rings. The summed E-state index contributed by atoms with van der Waals surface area (Å²) in [5.41, 5.74) is 2.22. The van der Waals surface area contributed by atoms with E-state index in [1.807, 2.05) is 9.47 Å². The number of carbonyl (C=O) groups is 3. The van der Waals surface area contributed by atoms with Crippen LogP contribution in [0.2, 0.25) is 0 Å². The highest BCUT2D eigenvalue weighted by molar-refractivity contribution is 6.04. The number of fused-ring (bicyclic) bond motifs is 1. The Labute approximate surface area is 168 Å². The molecule has 4 rings (SSSR count). The van der Waals surface area contributed by atoms with Crippen LogP contribution in [0.5, 0.6) is 0 Å². The van der Waals surface area contributed by atoms with E-state index in [4.69, 9.17) is 0 Å². The van der Waals surface area contributed by atoms with Crippen LogP contribution in [0, 0.1) is 0 Å². The van der Waals surface area contributed by atoms with Crippen molar-refractivity contribution >= 4 is 23.5 Å². The van der Waals surface area contributed by atoms with Crippen LogP contribution in [0.4, 0.5) is 5.69 Å². The maximum atomic E-state index is 12.9. The zero-order valence-electron chi connectivity index (χ0n) is 16.4. The number of nitrogens with zero attached hydrogens (tertiary/aromatic N) is 3. The summed E-state index contributed by atoms with van der Waals surface area (Å²) in [6.07, 6.45) is 4.72. The summed E-state index contributed by atoms with van der Waals surface area (Å²) in [6.45, 7) is 2.18. The fourth-order valence-electron chi connectivity index (χ4n) is 3.95. The molecule has 1 N–H and O–H groups in total. The van der Waals surface area contributed by atoms with E-state index in [1.165, 1.54) is 7.11 Å². The van der Waals surface area contributed by atoms with Crippen molar-refractivity contribution < 1.29 is 19.1 Å². The van der Waals surface area contributed by atoms with Crippen molar-refractivity contribution in [1.29, 1.82) is 0 Å². The van der Waals surface area contributed by atoms with Crippen LogP contribution in [0.1, 0.15) is 62.8 Å². The zero-order valence-corrected chi connectivity index (χ0v) is 16.4. The molecule has 0 saturated carbocycles. The monoisotopic (exact) mass is 396 g/mol. The second kappa shape index (κ2) is 8.06. The zero-order chi connectivity index (χ0) is 20.4. The van der Waals surface area contributed by atoms with Gasteiger partial charge in [-0.05, 0) is 56.4 Å². The molecule has 1 aromatic carbocycles. The predicted molar refractivity (Wildman–Crippen MR) is 106 cm³/mol. The molecular formula is C21H24N4O4. The van der Waals surface area contributed by atoms with Gasteiger partial charge in [-0.1, -0.05) is 0 Å². The standard InChI is InChI=1S/C21H24N4O4/c1-29-21(28)14-7-9-15(10-8-14)22-19(26)18-23-17(16-6-2-3-13-25(16)18)20(27)24-11-4-5-12-24/h7-10H,2-6,11-13H2,1H3,(H,22,26). The second-order valence-electron chi connectivity index (χ2n) is 7.36. The number of nitrogens with one attached hydrogen (secondary N) is 1. The average Bonchev–Trinajstić information content (AvgIpc) is 3.41. The summed E-state index contributed by atoms with van der Waals surface area (Å²) < 4.78 is 6.56. The van der Waals surface area contributed by atoms with Crippen molar-refractivity contribution in [2.45, 2.75) is 38.6 Å². The molecule has 0 radical (unpaired) electrons. The smallest absolute Gasteiger partial charge is 0.337 e. The van der Waals surface area contributed by atoms with E-state index < -0.39 is 5.97 Å². The van der Waals surface area contributed by atoms with Gasteiger partial charge in [-0.25, -0.2) is 9.78 Å².